The number of aliphatic hydroxyl groups is 1. The molecule has 0 radical (unpaired) electrons. The Balaban J connectivity index is 2.01. The SMILES string of the molecule is CC(CO)NCc1ncc(-c2ccccc2)s1. The second-order valence-corrected chi connectivity index (χ2v) is 5.06. The first kappa shape index (κ1) is 12.2. The number of thiazole rings is 1. The van der Waals surface area contributed by atoms with Crippen LogP contribution in [0.3, 0.4) is 0 Å². The summed E-state index contributed by atoms with van der Waals surface area (Å²) in [6, 6.07) is 10.3. The van der Waals surface area contributed by atoms with Crippen molar-refractivity contribution in [3.05, 3.63) is 41.5 Å². The zero-order valence-corrected chi connectivity index (χ0v) is 10.6. The Morgan fingerprint density at radius 1 is 1.35 bits per heavy atom. The summed E-state index contributed by atoms with van der Waals surface area (Å²) in [7, 11) is 0. The maximum Gasteiger partial charge on any atom is 0.107 e. The van der Waals surface area contributed by atoms with Gasteiger partial charge in [-0.05, 0) is 12.5 Å². The molecule has 0 spiro atoms. The van der Waals surface area contributed by atoms with E-state index in [2.05, 4.69) is 22.4 Å². The molecular weight excluding hydrogens is 232 g/mol. The lowest BCUT2D eigenvalue weighted by Gasteiger charge is -2.07. The topological polar surface area (TPSA) is 45.1 Å². The van der Waals surface area contributed by atoms with Crippen molar-refractivity contribution < 1.29 is 5.11 Å². The molecule has 0 aliphatic rings. The van der Waals surface area contributed by atoms with E-state index in [1.54, 1.807) is 11.3 Å². The quantitative estimate of drug-likeness (QED) is 0.853. The third kappa shape index (κ3) is 3.36. The number of hydrogen-bond acceptors (Lipinski definition) is 4. The van der Waals surface area contributed by atoms with Crippen molar-refractivity contribution in [2.45, 2.75) is 19.5 Å². The summed E-state index contributed by atoms with van der Waals surface area (Å²) >= 11 is 1.68. The molecule has 2 rings (SSSR count). The summed E-state index contributed by atoms with van der Waals surface area (Å²) in [6.45, 7) is 2.81. The summed E-state index contributed by atoms with van der Waals surface area (Å²) in [5.41, 5.74) is 1.20. The number of hydrogen-bond donors (Lipinski definition) is 2. The van der Waals surface area contributed by atoms with E-state index in [0.29, 0.717) is 6.54 Å². The number of aliphatic hydroxyl groups excluding tert-OH is 1. The predicted molar refractivity (Wildman–Crippen MR) is 70.9 cm³/mol. The normalized spacial score (nSPS) is 12.6. The molecular formula is C13H16N2OS. The van der Waals surface area contributed by atoms with Gasteiger partial charge < -0.3 is 10.4 Å². The van der Waals surface area contributed by atoms with Gasteiger partial charge in [-0.2, -0.15) is 0 Å². The van der Waals surface area contributed by atoms with E-state index in [1.165, 1.54) is 10.4 Å². The van der Waals surface area contributed by atoms with Crippen molar-refractivity contribution in [1.29, 1.82) is 0 Å². The van der Waals surface area contributed by atoms with Crippen LogP contribution in [0.5, 0.6) is 0 Å². The van der Waals surface area contributed by atoms with Crippen LogP contribution in [0.1, 0.15) is 11.9 Å². The van der Waals surface area contributed by atoms with Crippen LogP contribution in [0, 0.1) is 0 Å². The van der Waals surface area contributed by atoms with Gasteiger partial charge in [-0.1, -0.05) is 30.3 Å². The molecule has 0 bridgehead atoms. The smallest absolute Gasteiger partial charge is 0.107 e. The Bertz CT molecular complexity index is 455. The van der Waals surface area contributed by atoms with Crippen LogP contribution in [0.25, 0.3) is 10.4 Å². The van der Waals surface area contributed by atoms with Gasteiger partial charge in [-0.25, -0.2) is 4.98 Å². The van der Waals surface area contributed by atoms with Crippen molar-refractivity contribution in [2.24, 2.45) is 0 Å². The van der Waals surface area contributed by atoms with Gasteiger partial charge in [0, 0.05) is 18.8 Å². The molecule has 3 nitrogen and oxygen atoms in total. The Hall–Kier alpha value is -1.23. The highest BCUT2D eigenvalue weighted by Gasteiger charge is 2.05. The zero-order chi connectivity index (χ0) is 12.1. The first-order valence-corrected chi connectivity index (χ1v) is 6.45. The number of aromatic nitrogens is 1. The zero-order valence-electron chi connectivity index (χ0n) is 9.76. The molecule has 1 aromatic carbocycles. The van der Waals surface area contributed by atoms with Crippen LogP contribution in [0.15, 0.2) is 36.5 Å². The average molecular weight is 248 g/mol. The van der Waals surface area contributed by atoms with Gasteiger partial charge >= 0.3 is 0 Å². The van der Waals surface area contributed by atoms with E-state index >= 15 is 0 Å². The molecule has 0 aliphatic heterocycles. The fraction of sp³-hybridized carbons (Fsp3) is 0.308. The average Bonchev–Trinajstić information content (AvgIpc) is 2.86. The van der Waals surface area contributed by atoms with E-state index in [-0.39, 0.29) is 12.6 Å². The molecule has 2 N–H and O–H groups in total. The number of rotatable bonds is 5. The number of benzene rings is 1. The van der Waals surface area contributed by atoms with Gasteiger partial charge in [0.25, 0.3) is 0 Å². The van der Waals surface area contributed by atoms with Gasteiger partial charge in [0.05, 0.1) is 11.5 Å². The molecule has 0 saturated heterocycles. The van der Waals surface area contributed by atoms with Crippen LogP contribution in [0.2, 0.25) is 0 Å². The summed E-state index contributed by atoms with van der Waals surface area (Å²) in [5, 5.41) is 13.2. The molecule has 1 aromatic heterocycles. The van der Waals surface area contributed by atoms with Crippen LogP contribution in [-0.2, 0) is 6.54 Å². The lowest BCUT2D eigenvalue weighted by molar-refractivity contribution is 0.251. The Morgan fingerprint density at radius 2 is 2.12 bits per heavy atom. The van der Waals surface area contributed by atoms with E-state index in [9.17, 15) is 0 Å². The minimum absolute atomic E-state index is 0.110. The largest absolute Gasteiger partial charge is 0.395 e. The maximum absolute atomic E-state index is 8.92. The molecule has 4 heteroatoms. The molecule has 90 valence electrons. The number of nitrogens with one attached hydrogen (secondary N) is 1. The molecule has 0 fully saturated rings. The summed E-state index contributed by atoms with van der Waals surface area (Å²) in [6.07, 6.45) is 1.90. The standard InChI is InChI=1S/C13H16N2OS/c1-10(9-16)14-8-13-15-7-12(17-13)11-5-3-2-4-6-11/h2-7,10,14,16H,8-9H2,1H3. The Labute approximate surface area is 105 Å². The van der Waals surface area contributed by atoms with Crippen LogP contribution < -0.4 is 5.32 Å². The van der Waals surface area contributed by atoms with Gasteiger partial charge in [-0.3, -0.25) is 0 Å². The van der Waals surface area contributed by atoms with Crippen molar-refractivity contribution in [3.8, 4) is 10.4 Å². The molecule has 0 amide bonds. The second kappa shape index (κ2) is 5.91. The third-order valence-electron chi connectivity index (χ3n) is 2.49. The molecule has 2 aromatic rings. The molecule has 17 heavy (non-hydrogen) atoms. The highest BCUT2D eigenvalue weighted by atomic mass is 32.1. The predicted octanol–water partition coefficient (Wildman–Crippen LogP) is 2.28. The third-order valence-corrected chi connectivity index (χ3v) is 3.53. The van der Waals surface area contributed by atoms with E-state index in [0.717, 1.165) is 5.01 Å². The first-order chi connectivity index (χ1) is 8.29. The van der Waals surface area contributed by atoms with E-state index < -0.39 is 0 Å². The van der Waals surface area contributed by atoms with Crippen molar-refractivity contribution in [2.75, 3.05) is 6.61 Å². The maximum atomic E-state index is 8.92. The van der Waals surface area contributed by atoms with Gasteiger partial charge in [-0.15, -0.1) is 11.3 Å². The summed E-state index contributed by atoms with van der Waals surface area (Å²) in [5.74, 6) is 0. The van der Waals surface area contributed by atoms with Crippen LogP contribution in [-0.4, -0.2) is 22.7 Å². The molecule has 0 aliphatic carbocycles. The van der Waals surface area contributed by atoms with E-state index in [1.807, 2.05) is 31.3 Å². The highest BCUT2D eigenvalue weighted by molar-refractivity contribution is 7.15. The minimum atomic E-state index is 0.110. The summed E-state index contributed by atoms with van der Waals surface area (Å²) < 4.78 is 0. The van der Waals surface area contributed by atoms with Gasteiger partial charge in [0.15, 0.2) is 0 Å². The van der Waals surface area contributed by atoms with Crippen molar-refractivity contribution in [1.82, 2.24) is 10.3 Å². The lowest BCUT2D eigenvalue weighted by atomic mass is 10.2. The van der Waals surface area contributed by atoms with Crippen molar-refractivity contribution in [3.63, 3.8) is 0 Å². The second-order valence-electron chi connectivity index (χ2n) is 3.95. The van der Waals surface area contributed by atoms with Crippen LogP contribution in [0.4, 0.5) is 0 Å². The first-order valence-electron chi connectivity index (χ1n) is 5.64. The molecule has 1 heterocycles. The van der Waals surface area contributed by atoms with E-state index in [4.69, 9.17) is 5.11 Å². The Kier molecular flexibility index (Phi) is 4.25. The molecule has 1 atom stereocenters. The monoisotopic (exact) mass is 248 g/mol. The van der Waals surface area contributed by atoms with Gasteiger partial charge in [0.1, 0.15) is 5.01 Å². The summed E-state index contributed by atoms with van der Waals surface area (Å²) in [4.78, 5) is 5.55. The molecule has 0 saturated carbocycles. The lowest BCUT2D eigenvalue weighted by Crippen LogP contribution is -2.28. The van der Waals surface area contributed by atoms with Crippen LogP contribution >= 0.6 is 11.3 Å². The fourth-order valence-corrected chi connectivity index (χ4v) is 2.33. The highest BCUT2D eigenvalue weighted by Crippen LogP contribution is 2.25. The minimum Gasteiger partial charge on any atom is -0.395 e. The molecule has 1 unspecified atom stereocenters. The Morgan fingerprint density at radius 3 is 2.82 bits per heavy atom. The fourth-order valence-electron chi connectivity index (χ4n) is 1.45. The van der Waals surface area contributed by atoms with Crippen molar-refractivity contribution >= 4 is 11.3 Å². The number of nitrogens with zero attached hydrogens (tertiary/aromatic N) is 1. The van der Waals surface area contributed by atoms with Gasteiger partial charge in [0.2, 0.25) is 0 Å².